The van der Waals surface area contributed by atoms with Crippen molar-refractivity contribution in [1.29, 1.82) is 0 Å². The van der Waals surface area contributed by atoms with Gasteiger partial charge in [0.15, 0.2) is 0 Å². The molecule has 0 radical (unpaired) electrons. The van der Waals surface area contributed by atoms with E-state index < -0.39 is 0 Å². The molecule has 1 aliphatic rings. The number of fused-ring (bicyclic) bond motifs is 1. The molecule has 2 N–H and O–H groups in total. The number of hydrogen-bond acceptors (Lipinski definition) is 3. The summed E-state index contributed by atoms with van der Waals surface area (Å²) in [5.74, 6) is 1.01. The molecule has 20 heavy (non-hydrogen) atoms. The summed E-state index contributed by atoms with van der Waals surface area (Å²) < 4.78 is 5.70. The van der Waals surface area contributed by atoms with Gasteiger partial charge in [0.05, 0.1) is 0 Å². The number of aryl methyl sites for hydroxylation is 1. The first-order valence-corrected chi connectivity index (χ1v) is 6.54. The van der Waals surface area contributed by atoms with E-state index >= 15 is 0 Å². The highest BCUT2D eigenvalue weighted by molar-refractivity contribution is 5.94. The van der Waals surface area contributed by atoms with Crippen molar-refractivity contribution in [1.82, 2.24) is 0 Å². The summed E-state index contributed by atoms with van der Waals surface area (Å²) in [5.41, 5.74) is 2.95. The fourth-order valence-corrected chi connectivity index (χ4v) is 2.20. The lowest BCUT2D eigenvalue weighted by Gasteiger charge is -2.17. The normalized spacial score (nSPS) is 13.5. The molecular weight excluding hydrogens is 254 g/mol. The van der Waals surface area contributed by atoms with Crippen LogP contribution in [-0.4, -0.2) is 11.0 Å². The summed E-state index contributed by atoms with van der Waals surface area (Å²) in [6.07, 6.45) is 1.32. The first-order chi connectivity index (χ1) is 9.70. The Labute approximate surface area is 117 Å². The Morgan fingerprint density at radius 1 is 1.10 bits per heavy atom. The number of phenolic OH excluding ortho intramolecular Hbond substituents is 1. The standard InChI is InChI=1S/C16H15NO3/c18-13-5-1-11(2-6-13)10-20-14-7-3-12-4-8-16(19)17-15(12)9-14/h1-3,5-7,9,18H,4,8,10H2,(H,17,19). The molecule has 0 bridgehead atoms. The molecule has 0 unspecified atom stereocenters. The van der Waals surface area contributed by atoms with Gasteiger partial charge in [-0.25, -0.2) is 0 Å². The van der Waals surface area contributed by atoms with Gasteiger partial charge < -0.3 is 15.2 Å². The minimum Gasteiger partial charge on any atom is -0.508 e. The Balaban J connectivity index is 1.70. The van der Waals surface area contributed by atoms with E-state index in [0.29, 0.717) is 13.0 Å². The van der Waals surface area contributed by atoms with Gasteiger partial charge in [0.25, 0.3) is 0 Å². The van der Waals surface area contributed by atoms with E-state index in [2.05, 4.69) is 5.32 Å². The van der Waals surface area contributed by atoms with Crippen molar-refractivity contribution in [2.24, 2.45) is 0 Å². The monoisotopic (exact) mass is 269 g/mol. The Morgan fingerprint density at radius 2 is 1.90 bits per heavy atom. The Kier molecular flexibility index (Phi) is 3.29. The van der Waals surface area contributed by atoms with E-state index in [0.717, 1.165) is 29.0 Å². The third-order valence-electron chi connectivity index (χ3n) is 3.32. The van der Waals surface area contributed by atoms with Gasteiger partial charge in [-0.3, -0.25) is 4.79 Å². The number of anilines is 1. The second-order valence-corrected chi connectivity index (χ2v) is 4.82. The maximum absolute atomic E-state index is 11.4. The average Bonchev–Trinajstić information content (AvgIpc) is 2.46. The molecule has 1 heterocycles. The molecule has 0 saturated heterocycles. The molecule has 0 atom stereocenters. The van der Waals surface area contributed by atoms with Crippen molar-refractivity contribution in [2.75, 3.05) is 5.32 Å². The molecule has 0 aromatic heterocycles. The molecule has 1 amide bonds. The number of benzene rings is 2. The van der Waals surface area contributed by atoms with Crippen molar-refractivity contribution >= 4 is 11.6 Å². The van der Waals surface area contributed by atoms with Crippen LogP contribution in [0, 0.1) is 0 Å². The number of phenols is 1. The molecule has 0 spiro atoms. The SMILES string of the molecule is O=C1CCc2ccc(OCc3ccc(O)cc3)cc2N1. The number of nitrogens with one attached hydrogen (secondary N) is 1. The van der Waals surface area contributed by atoms with Crippen LogP contribution in [0.2, 0.25) is 0 Å². The number of carbonyl (C=O) groups excluding carboxylic acids is 1. The first-order valence-electron chi connectivity index (χ1n) is 6.54. The highest BCUT2D eigenvalue weighted by Crippen LogP contribution is 2.27. The van der Waals surface area contributed by atoms with Crippen LogP contribution in [0.5, 0.6) is 11.5 Å². The van der Waals surface area contributed by atoms with E-state index in [9.17, 15) is 9.90 Å². The molecule has 0 aliphatic carbocycles. The van der Waals surface area contributed by atoms with Crippen molar-refractivity contribution in [3.8, 4) is 11.5 Å². The van der Waals surface area contributed by atoms with Gasteiger partial charge in [-0.1, -0.05) is 18.2 Å². The van der Waals surface area contributed by atoms with Crippen LogP contribution in [0.3, 0.4) is 0 Å². The van der Waals surface area contributed by atoms with Crippen LogP contribution >= 0.6 is 0 Å². The third-order valence-corrected chi connectivity index (χ3v) is 3.32. The quantitative estimate of drug-likeness (QED) is 0.900. The number of ether oxygens (including phenoxy) is 1. The molecule has 2 aromatic carbocycles. The summed E-state index contributed by atoms with van der Waals surface area (Å²) >= 11 is 0. The highest BCUT2D eigenvalue weighted by atomic mass is 16.5. The topological polar surface area (TPSA) is 58.6 Å². The van der Waals surface area contributed by atoms with Gasteiger partial charge in [-0.15, -0.1) is 0 Å². The molecule has 0 fully saturated rings. The summed E-state index contributed by atoms with van der Waals surface area (Å²) in [5, 5.41) is 12.1. The van der Waals surface area contributed by atoms with Gasteiger partial charge in [0.1, 0.15) is 18.1 Å². The predicted molar refractivity (Wildman–Crippen MR) is 75.8 cm³/mol. The summed E-state index contributed by atoms with van der Waals surface area (Å²) in [6, 6.07) is 12.6. The predicted octanol–water partition coefficient (Wildman–Crippen LogP) is 2.86. The molecular formula is C16H15NO3. The number of amides is 1. The summed E-state index contributed by atoms with van der Waals surface area (Å²) in [7, 11) is 0. The van der Waals surface area contributed by atoms with Gasteiger partial charge in [0.2, 0.25) is 5.91 Å². The third kappa shape index (κ3) is 2.74. The number of aromatic hydroxyl groups is 1. The van der Waals surface area contributed by atoms with E-state index in [1.807, 2.05) is 30.3 Å². The molecule has 4 nitrogen and oxygen atoms in total. The van der Waals surface area contributed by atoms with Gasteiger partial charge in [-0.2, -0.15) is 0 Å². The molecule has 0 saturated carbocycles. The molecule has 102 valence electrons. The largest absolute Gasteiger partial charge is 0.508 e. The molecule has 1 aliphatic heterocycles. The van der Waals surface area contributed by atoms with E-state index in [-0.39, 0.29) is 11.7 Å². The number of rotatable bonds is 3. The number of hydrogen-bond donors (Lipinski definition) is 2. The second-order valence-electron chi connectivity index (χ2n) is 4.82. The van der Waals surface area contributed by atoms with E-state index in [1.165, 1.54) is 0 Å². The van der Waals surface area contributed by atoms with Crippen molar-refractivity contribution < 1.29 is 14.6 Å². The van der Waals surface area contributed by atoms with E-state index in [4.69, 9.17) is 4.74 Å². The maximum Gasteiger partial charge on any atom is 0.224 e. The van der Waals surface area contributed by atoms with Crippen LogP contribution in [-0.2, 0) is 17.8 Å². The Hall–Kier alpha value is -2.49. The fourth-order valence-electron chi connectivity index (χ4n) is 2.20. The smallest absolute Gasteiger partial charge is 0.224 e. The van der Waals surface area contributed by atoms with Crippen molar-refractivity contribution in [3.05, 3.63) is 53.6 Å². The average molecular weight is 269 g/mol. The van der Waals surface area contributed by atoms with Crippen LogP contribution in [0.1, 0.15) is 17.5 Å². The fraction of sp³-hybridized carbons (Fsp3) is 0.188. The zero-order chi connectivity index (χ0) is 13.9. The lowest BCUT2D eigenvalue weighted by molar-refractivity contribution is -0.116. The van der Waals surface area contributed by atoms with Crippen molar-refractivity contribution in [2.45, 2.75) is 19.4 Å². The Morgan fingerprint density at radius 3 is 2.70 bits per heavy atom. The highest BCUT2D eigenvalue weighted by Gasteiger charge is 2.14. The molecule has 2 aromatic rings. The van der Waals surface area contributed by atoms with Crippen LogP contribution < -0.4 is 10.1 Å². The van der Waals surface area contributed by atoms with E-state index in [1.54, 1.807) is 12.1 Å². The first kappa shape index (κ1) is 12.5. The molecule has 3 rings (SSSR count). The van der Waals surface area contributed by atoms with Crippen LogP contribution in [0.15, 0.2) is 42.5 Å². The lowest BCUT2D eigenvalue weighted by atomic mass is 10.0. The Bertz CT molecular complexity index is 635. The summed E-state index contributed by atoms with van der Waals surface area (Å²) in [4.78, 5) is 11.4. The van der Waals surface area contributed by atoms with Crippen LogP contribution in [0.25, 0.3) is 0 Å². The van der Waals surface area contributed by atoms with Gasteiger partial charge in [-0.05, 0) is 35.7 Å². The van der Waals surface area contributed by atoms with Crippen LogP contribution in [0.4, 0.5) is 5.69 Å². The minimum absolute atomic E-state index is 0.0492. The number of carbonyl (C=O) groups is 1. The molecule has 4 heteroatoms. The van der Waals surface area contributed by atoms with Gasteiger partial charge >= 0.3 is 0 Å². The van der Waals surface area contributed by atoms with Gasteiger partial charge in [0, 0.05) is 18.2 Å². The zero-order valence-corrected chi connectivity index (χ0v) is 10.9. The maximum atomic E-state index is 11.4. The minimum atomic E-state index is 0.0492. The van der Waals surface area contributed by atoms with Crippen molar-refractivity contribution in [3.63, 3.8) is 0 Å². The second kappa shape index (κ2) is 5.25. The summed E-state index contributed by atoms with van der Waals surface area (Å²) in [6.45, 7) is 0.424. The zero-order valence-electron chi connectivity index (χ0n) is 10.9. The lowest BCUT2D eigenvalue weighted by Crippen LogP contribution is -2.18.